The van der Waals surface area contributed by atoms with Crippen LogP contribution in [0.1, 0.15) is 78.9 Å². The van der Waals surface area contributed by atoms with E-state index in [0.29, 0.717) is 50.8 Å². The van der Waals surface area contributed by atoms with Gasteiger partial charge in [-0.05, 0) is 73.4 Å². The number of unbranched alkanes of at least 4 members (excludes halogenated alkanes) is 1. The zero-order valence-corrected chi connectivity index (χ0v) is 27.7. The van der Waals surface area contributed by atoms with Crippen molar-refractivity contribution in [2.24, 2.45) is 0 Å². The van der Waals surface area contributed by atoms with Gasteiger partial charge in [0.2, 0.25) is 5.95 Å². The van der Waals surface area contributed by atoms with E-state index in [1.165, 1.54) is 31.4 Å². The summed E-state index contributed by atoms with van der Waals surface area (Å²) in [5, 5.41) is 18.7. The van der Waals surface area contributed by atoms with Gasteiger partial charge in [0, 0.05) is 49.2 Å². The zero-order valence-electron chi connectivity index (χ0n) is 26.9. The summed E-state index contributed by atoms with van der Waals surface area (Å²) in [6.45, 7) is 3.22. The maximum Gasteiger partial charge on any atom is 0.251 e. The van der Waals surface area contributed by atoms with Crippen molar-refractivity contribution in [3.63, 3.8) is 0 Å². The molecule has 1 saturated carbocycles. The predicted octanol–water partition coefficient (Wildman–Crippen LogP) is 7.08. The summed E-state index contributed by atoms with van der Waals surface area (Å²) in [7, 11) is 0.205. The van der Waals surface area contributed by atoms with Crippen molar-refractivity contribution in [3.8, 4) is 0 Å². The number of nitrogens with one attached hydrogen (secondary N) is 4. The zero-order chi connectivity index (χ0) is 33.2. The van der Waals surface area contributed by atoms with Gasteiger partial charge in [-0.1, -0.05) is 56.9 Å². The minimum atomic E-state index is -1.52. The van der Waals surface area contributed by atoms with Crippen LogP contribution in [0.2, 0.25) is 0 Å². The largest absolute Gasteiger partial charge is 0.367 e. The molecule has 1 aliphatic rings. The highest BCUT2D eigenvalue weighted by Crippen LogP contribution is 2.26. The first-order chi connectivity index (χ1) is 22.8. The lowest BCUT2D eigenvalue weighted by Crippen LogP contribution is -2.25. The fourth-order valence-corrected chi connectivity index (χ4v) is 6.43. The highest BCUT2D eigenvalue weighted by molar-refractivity contribution is 7.86. The quantitative estimate of drug-likeness (QED) is 0.0851. The Kier molecular flexibility index (Phi) is 11.7. The molecular formula is C36H42FN7O2S. The molecule has 1 fully saturated rings. The third-order valence-corrected chi connectivity index (χ3v) is 9.65. The molecule has 4 N–H and O–H groups in total. The minimum Gasteiger partial charge on any atom is -0.367 e. The van der Waals surface area contributed by atoms with Gasteiger partial charge < -0.3 is 16.0 Å². The standard InChI is InChI=1S/C36H42FN7O2S/c1-3-4-22-39-36-41-24-32(34(43-36)42-29-8-6-5-7-9-29)33(38)26-14-20-31(21-15-26)47(46)44(2)30-18-12-27(13-19-30)35(45)40-23-25-10-16-28(37)17-11-25/h10-21,24,29,38H,3-9,22-23H2,1-2H3,(H,40,45)(H2,39,41,42,43). The fraction of sp³-hybridized carbons (Fsp3) is 0.333. The van der Waals surface area contributed by atoms with Gasteiger partial charge in [-0.2, -0.15) is 4.98 Å². The van der Waals surface area contributed by atoms with Gasteiger partial charge in [0.1, 0.15) is 11.6 Å². The molecule has 1 heterocycles. The lowest BCUT2D eigenvalue weighted by Gasteiger charge is -2.25. The third-order valence-electron chi connectivity index (χ3n) is 8.27. The molecule has 4 aromatic rings. The lowest BCUT2D eigenvalue weighted by atomic mass is 9.95. The van der Waals surface area contributed by atoms with Crippen LogP contribution in [0.5, 0.6) is 0 Å². The van der Waals surface area contributed by atoms with E-state index >= 15 is 0 Å². The molecule has 1 unspecified atom stereocenters. The summed E-state index contributed by atoms with van der Waals surface area (Å²) < 4.78 is 28.2. The molecule has 1 aromatic heterocycles. The van der Waals surface area contributed by atoms with Gasteiger partial charge in [0.05, 0.1) is 16.2 Å². The van der Waals surface area contributed by atoms with E-state index in [4.69, 9.17) is 10.4 Å². The highest BCUT2D eigenvalue weighted by Gasteiger charge is 2.20. The van der Waals surface area contributed by atoms with Gasteiger partial charge in [0.15, 0.2) is 11.0 Å². The molecule has 11 heteroatoms. The minimum absolute atomic E-state index is 0.257. The van der Waals surface area contributed by atoms with Crippen molar-refractivity contribution in [1.29, 1.82) is 5.41 Å². The SMILES string of the molecule is CCCCNc1ncc(C(=N)c2ccc(S(=O)N(C)c3ccc(C(=O)NCc4ccc(F)cc4)cc3)cc2)c(NC2CCCCC2)n1. The number of benzene rings is 3. The monoisotopic (exact) mass is 655 g/mol. The van der Waals surface area contributed by atoms with Crippen molar-refractivity contribution < 1.29 is 13.4 Å². The number of amides is 1. The number of hydrogen-bond acceptors (Lipinski definition) is 7. The highest BCUT2D eigenvalue weighted by atomic mass is 32.2. The molecule has 0 aliphatic heterocycles. The van der Waals surface area contributed by atoms with Crippen molar-refractivity contribution in [2.75, 3.05) is 28.5 Å². The summed E-state index contributed by atoms with van der Waals surface area (Å²) in [5.41, 5.74) is 3.53. The first kappa shape index (κ1) is 33.7. The number of halogens is 1. The van der Waals surface area contributed by atoms with Crippen LogP contribution in [0, 0.1) is 11.2 Å². The molecule has 1 amide bonds. The van der Waals surface area contributed by atoms with Gasteiger partial charge in [0.25, 0.3) is 5.91 Å². The second kappa shape index (κ2) is 16.3. The Labute approximate surface area is 278 Å². The van der Waals surface area contributed by atoms with Gasteiger partial charge in [-0.15, -0.1) is 0 Å². The second-order valence-electron chi connectivity index (χ2n) is 11.7. The molecule has 47 heavy (non-hydrogen) atoms. The number of aromatic nitrogens is 2. The van der Waals surface area contributed by atoms with Crippen LogP contribution in [0.3, 0.4) is 0 Å². The maximum absolute atomic E-state index is 13.5. The van der Waals surface area contributed by atoms with Crippen molar-refractivity contribution in [1.82, 2.24) is 15.3 Å². The molecule has 5 rings (SSSR count). The van der Waals surface area contributed by atoms with Crippen LogP contribution >= 0.6 is 0 Å². The molecule has 3 aromatic carbocycles. The molecular weight excluding hydrogens is 614 g/mol. The summed E-state index contributed by atoms with van der Waals surface area (Å²) in [6, 6.07) is 20.3. The molecule has 1 atom stereocenters. The first-order valence-corrected chi connectivity index (χ1v) is 17.3. The summed E-state index contributed by atoms with van der Waals surface area (Å²) >= 11 is 0. The van der Waals surface area contributed by atoms with Crippen LogP contribution in [0.25, 0.3) is 0 Å². The molecule has 0 radical (unpaired) electrons. The number of nitrogens with zero attached hydrogens (tertiary/aromatic N) is 3. The number of anilines is 3. The number of hydrogen-bond donors (Lipinski definition) is 4. The maximum atomic E-state index is 13.5. The van der Waals surface area contributed by atoms with Crippen molar-refractivity contribution in [3.05, 3.63) is 107 Å². The van der Waals surface area contributed by atoms with Crippen LogP contribution in [-0.4, -0.2) is 45.4 Å². The topological polar surface area (TPSA) is 123 Å². The van der Waals surface area contributed by atoms with Crippen LogP contribution in [0.4, 0.5) is 21.8 Å². The van der Waals surface area contributed by atoms with Crippen molar-refractivity contribution in [2.45, 2.75) is 69.4 Å². The summed E-state index contributed by atoms with van der Waals surface area (Å²) in [4.78, 5) is 22.5. The van der Waals surface area contributed by atoms with E-state index in [1.807, 2.05) is 0 Å². The van der Waals surface area contributed by atoms with Gasteiger partial charge >= 0.3 is 0 Å². The van der Waals surface area contributed by atoms with Crippen LogP contribution in [0.15, 0.2) is 83.9 Å². The van der Waals surface area contributed by atoms with E-state index < -0.39 is 11.0 Å². The smallest absolute Gasteiger partial charge is 0.251 e. The Bertz CT molecular complexity index is 1680. The molecule has 0 spiro atoms. The average molecular weight is 656 g/mol. The summed E-state index contributed by atoms with van der Waals surface area (Å²) in [6.07, 6.45) is 9.59. The third kappa shape index (κ3) is 9.00. The van der Waals surface area contributed by atoms with E-state index in [-0.39, 0.29) is 18.3 Å². The Hall–Kier alpha value is -4.64. The van der Waals surface area contributed by atoms with E-state index in [0.717, 1.165) is 37.8 Å². The van der Waals surface area contributed by atoms with E-state index in [1.54, 1.807) is 78.2 Å². The Morgan fingerprint density at radius 3 is 2.34 bits per heavy atom. The number of carbonyl (C=O) groups excluding carboxylic acids is 1. The molecule has 9 nitrogen and oxygen atoms in total. The Morgan fingerprint density at radius 2 is 1.66 bits per heavy atom. The fourth-order valence-electron chi connectivity index (χ4n) is 5.43. The van der Waals surface area contributed by atoms with Crippen LogP contribution < -0.4 is 20.3 Å². The van der Waals surface area contributed by atoms with Crippen LogP contribution in [-0.2, 0) is 17.5 Å². The number of carbonyl (C=O) groups is 1. The van der Waals surface area contributed by atoms with E-state index in [9.17, 15) is 13.4 Å². The van der Waals surface area contributed by atoms with E-state index in [2.05, 4.69) is 27.9 Å². The predicted molar refractivity (Wildman–Crippen MR) is 187 cm³/mol. The normalized spacial score (nSPS) is 13.9. The second-order valence-corrected chi connectivity index (χ2v) is 13.2. The molecule has 0 saturated heterocycles. The lowest BCUT2D eigenvalue weighted by molar-refractivity contribution is 0.0951. The molecule has 1 aliphatic carbocycles. The average Bonchev–Trinajstić information content (AvgIpc) is 3.11. The summed E-state index contributed by atoms with van der Waals surface area (Å²) in [5.74, 6) is 0.639. The van der Waals surface area contributed by atoms with Crippen molar-refractivity contribution >= 4 is 40.1 Å². The molecule has 246 valence electrons. The first-order valence-electron chi connectivity index (χ1n) is 16.2. The van der Waals surface area contributed by atoms with Gasteiger partial charge in [-0.3, -0.25) is 14.5 Å². The van der Waals surface area contributed by atoms with Gasteiger partial charge in [-0.25, -0.2) is 13.6 Å². The Balaban J connectivity index is 1.24. The Morgan fingerprint density at radius 1 is 0.979 bits per heavy atom. The molecule has 0 bridgehead atoms. The number of rotatable bonds is 14.